The minimum absolute atomic E-state index is 0.0126. The van der Waals surface area contributed by atoms with E-state index in [0.29, 0.717) is 30.5 Å². The molecule has 2 aliphatic rings. The quantitative estimate of drug-likeness (QED) is 0.504. The van der Waals surface area contributed by atoms with Crippen LogP contribution in [-0.4, -0.2) is 51.1 Å². The van der Waals surface area contributed by atoms with Gasteiger partial charge in [0.1, 0.15) is 17.5 Å². The molecule has 2 unspecified atom stereocenters. The highest BCUT2D eigenvalue weighted by atomic mass is 35.5. The first-order valence-corrected chi connectivity index (χ1v) is 11.9. The summed E-state index contributed by atoms with van der Waals surface area (Å²) in [5.74, 6) is -1.38. The average molecular weight is 526 g/mol. The van der Waals surface area contributed by atoms with E-state index in [-0.39, 0.29) is 34.2 Å². The lowest BCUT2D eigenvalue weighted by Gasteiger charge is -2.32. The molecule has 36 heavy (non-hydrogen) atoms. The zero-order chi connectivity index (χ0) is 26.7. The van der Waals surface area contributed by atoms with E-state index in [1.165, 1.54) is 4.57 Å². The minimum atomic E-state index is -1.61. The monoisotopic (exact) mass is 525 g/mol. The summed E-state index contributed by atoms with van der Waals surface area (Å²) in [6.07, 6.45) is 0.0729. The first-order valence-electron chi connectivity index (χ1n) is 11.6. The molecule has 2 atom stereocenters. The number of carboxylic acid groups (broad SMARTS) is 1. The first-order chi connectivity index (χ1) is 16.6. The number of hydrogen-bond donors (Lipinski definition) is 3. The number of carbonyl (C=O) groups excluding carboxylic acids is 1. The summed E-state index contributed by atoms with van der Waals surface area (Å²) in [5, 5.41) is 8.69. The molecule has 1 aliphatic heterocycles. The van der Waals surface area contributed by atoms with Crippen molar-refractivity contribution in [1.29, 1.82) is 0 Å². The molecule has 0 radical (unpaired) electrons. The van der Waals surface area contributed by atoms with E-state index in [4.69, 9.17) is 27.2 Å². The van der Waals surface area contributed by atoms with E-state index >= 15 is 4.39 Å². The Morgan fingerprint density at radius 2 is 1.97 bits per heavy atom. The van der Waals surface area contributed by atoms with Gasteiger partial charge in [-0.2, -0.15) is 4.68 Å². The fourth-order valence-corrected chi connectivity index (χ4v) is 5.05. The van der Waals surface area contributed by atoms with Crippen LogP contribution in [0.2, 0.25) is 5.02 Å². The standard InChI is InChI=1S/C23H29ClFN5O6/c1-22(2,3)36-19(32)17(26)23(4)7-8-28(10-23)16-13(25)9-12-15(14(16)24)29(11-5-6-11)21(35)30(18(12)31)27-20(33)34/h9,11,17,27H,5-8,10,26H2,1-4H3,(H,33,34). The number of halogens is 2. The van der Waals surface area contributed by atoms with Crippen molar-refractivity contribution in [3.05, 3.63) is 37.7 Å². The first kappa shape index (κ1) is 26.0. The molecule has 0 bridgehead atoms. The fourth-order valence-electron chi connectivity index (χ4n) is 4.64. The van der Waals surface area contributed by atoms with Gasteiger partial charge >= 0.3 is 17.8 Å². The number of aromatic nitrogens is 2. The highest BCUT2D eigenvalue weighted by molar-refractivity contribution is 6.38. The van der Waals surface area contributed by atoms with E-state index in [1.807, 2.05) is 6.92 Å². The van der Waals surface area contributed by atoms with Gasteiger partial charge in [0.2, 0.25) is 0 Å². The molecule has 1 aliphatic carbocycles. The Bertz CT molecular complexity index is 1380. The van der Waals surface area contributed by atoms with Gasteiger partial charge in [-0.25, -0.2) is 19.4 Å². The van der Waals surface area contributed by atoms with Crippen LogP contribution in [0.5, 0.6) is 0 Å². The lowest BCUT2D eigenvalue weighted by molar-refractivity contribution is -0.159. The van der Waals surface area contributed by atoms with E-state index in [2.05, 4.69) is 0 Å². The van der Waals surface area contributed by atoms with Crippen LogP contribution in [0.15, 0.2) is 15.7 Å². The van der Waals surface area contributed by atoms with Crippen molar-refractivity contribution in [3.63, 3.8) is 0 Å². The topological polar surface area (TPSA) is 149 Å². The molecule has 1 aromatic heterocycles. The zero-order valence-electron chi connectivity index (χ0n) is 20.4. The molecule has 4 rings (SSSR count). The molecule has 0 spiro atoms. The number of fused-ring (bicyclic) bond motifs is 1. The Morgan fingerprint density at radius 3 is 2.53 bits per heavy atom. The molecular formula is C23H29ClFN5O6. The van der Waals surface area contributed by atoms with E-state index < -0.39 is 46.2 Å². The third-order valence-electron chi connectivity index (χ3n) is 6.59. The van der Waals surface area contributed by atoms with Crippen molar-refractivity contribution < 1.29 is 23.8 Å². The summed E-state index contributed by atoms with van der Waals surface area (Å²) in [6.45, 7) is 7.53. The lowest BCUT2D eigenvalue weighted by atomic mass is 9.82. The maximum Gasteiger partial charge on any atom is 0.424 e. The lowest BCUT2D eigenvalue weighted by Crippen LogP contribution is -2.49. The van der Waals surface area contributed by atoms with Gasteiger partial charge in [-0.15, -0.1) is 0 Å². The molecule has 1 aromatic carbocycles. The third kappa shape index (κ3) is 4.55. The van der Waals surface area contributed by atoms with E-state index in [9.17, 15) is 19.2 Å². The Morgan fingerprint density at radius 1 is 1.33 bits per heavy atom. The highest BCUT2D eigenvalue weighted by Crippen LogP contribution is 2.44. The van der Waals surface area contributed by atoms with Gasteiger partial charge in [0.25, 0.3) is 5.56 Å². The summed E-state index contributed by atoms with van der Waals surface area (Å²) in [7, 11) is 0. The molecule has 2 heterocycles. The van der Waals surface area contributed by atoms with Gasteiger partial charge in [-0.05, 0) is 46.1 Å². The zero-order valence-corrected chi connectivity index (χ0v) is 21.2. The average Bonchev–Trinajstić information content (AvgIpc) is 3.51. The largest absolute Gasteiger partial charge is 0.464 e. The number of nitrogens with one attached hydrogen (secondary N) is 1. The molecule has 4 N–H and O–H groups in total. The van der Waals surface area contributed by atoms with Crippen LogP contribution in [0.4, 0.5) is 14.9 Å². The van der Waals surface area contributed by atoms with Gasteiger partial charge < -0.3 is 20.5 Å². The van der Waals surface area contributed by atoms with Crippen LogP contribution < -0.4 is 27.3 Å². The summed E-state index contributed by atoms with van der Waals surface area (Å²) in [6, 6.07) is -0.314. The molecular weight excluding hydrogens is 497 g/mol. The minimum Gasteiger partial charge on any atom is -0.464 e. The summed E-state index contributed by atoms with van der Waals surface area (Å²) in [4.78, 5) is 51.4. The fraction of sp³-hybridized carbons (Fsp3) is 0.565. The smallest absolute Gasteiger partial charge is 0.424 e. The molecule has 1 saturated heterocycles. The van der Waals surface area contributed by atoms with Gasteiger partial charge in [-0.3, -0.25) is 14.2 Å². The number of nitrogens with zero attached hydrogens (tertiary/aromatic N) is 3. The second-order valence-electron chi connectivity index (χ2n) is 10.7. The molecule has 196 valence electrons. The summed E-state index contributed by atoms with van der Waals surface area (Å²) >= 11 is 6.68. The SMILES string of the molecule is CC(C)(C)OC(=O)C(N)C1(C)CCN(c2c(F)cc3c(=O)n(NC(=O)O)c(=O)n(C4CC4)c3c2Cl)C1. The van der Waals surface area contributed by atoms with Crippen molar-refractivity contribution >= 4 is 40.3 Å². The number of esters is 1. The van der Waals surface area contributed by atoms with Crippen LogP contribution in [0.25, 0.3) is 10.9 Å². The van der Waals surface area contributed by atoms with Gasteiger partial charge in [0.05, 0.1) is 21.6 Å². The maximum atomic E-state index is 15.5. The normalized spacial score (nSPS) is 21.0. The number of hydrogen-bond acceptors (Lipinski definition) is 7. The number of rotatable bonds is 5. The number of anilines is 1. The molecule has 1 amide bonds. The number of carbonyl (C=O) groups is 2. The van der Waals surface area contributed by atoms with Crippen LogP contribution in [0, 0.1) is 11.2 Å². The van der Waals surface area contributed by atoms with Crippen LogP contribution in [-0.2, 0) is 9.53 Å². The number of ether oxygens (including phenoxy) is 1. The van der Waals surface area contributed by atoms with E-state index in [0.717, 1.165) is 6.07 Å². The molecule has 13 heteroatoms. The van der Waals surface area contributed by atoms with Crippen molar-refractivity contribution in [2.24, 2.45) is 11.1 Å². The molecule has 11 nitrogen and oxygen atoms in total. The number of benzene rings is 1. The van der Waals surface area contributed by atoms with Crippen molar-refractivity contribution in [1.82, 2.24) is 9.24 Å². The van der Waals surface area contributed by atoms with E-state index in [1.54, 1.807) is 31.1 Å². The van der Waals surface area contributed by atoms with Crippen molar-refractivity contribution in [2.45, 2.75) is 64.6 Å². The van der Waals surface area contributed by atoms with Crippen LogP contribution in [0.3, 0.4) is 0 Å². The Labute approximate surface area is 210 Å². The number of amides is 1. The molecule has 2 fully saturated rings. The van der Waals surface area contributed by atoms with Crippen LogP contribution in [0.1, 0.15) is 53.0 Å². The number of nitrogens with two attached hydrogens (primary N) is 1. The highest BCUT2D eigenvalue weighted by Gasteiger charge is 2.45. The van der Waals surface area contributed by atoms with Crippen LogP contribution >= 0.6 is 11.6 Å². The van der Waals surface area contributed by atoms with Gasteiger partial charge in [0.15, 0.2) is 0 Å². The predicted octanol–water partition coefficient (Wildman–Crippen LogP) is 2.40. The molecule has 1 saturated carbocycles. The van der Waals surface area contributed by atoms with Gasteiger partial charge in [0, 0.05) is 24.5 Å². The Balaban J connectivity index is 1.79. The van der Waals surface area contributed by atoms with Crippen molar-refractivity contribution in [2.75, 3.05) is 23.4 Å². The second-order valence-corrected chi connectivity index (χ2v) is 11.1. The predicted molar refractivity (Wildman–Crippen MR) is 132 cm³/mol. The maximum absolute atomic E-state index is 15.5. The summed E-state index contributed by atoms with van der Waals surface area (Å²) < 4.78 is 22.5. The third-order valence-corrected chi connectivity index (χ3v) is 6.95. The van der Waals surface area contributed by atoms with Gasteiger partial charge in [-0.1, -0.05) is 18.5 Å². The summed E-state index contributed by atoms with van der Waals surface area (Å²) in [5.41, 5.74) is 4.66. The van der Waals surface area contributed by atoms with Crippen molar-refractivity contribution in [3.8, 4) is 0 Å². The Kier molecular flexibility index (Phi) is 6.32. The Hall–Kier alpha value is -3.12. The second kappa shape index (κ2) is 8.77. The molecule has 2 aromatic rings.